The summed E-state index contributed by atoms with van der Waals surface area (Å²) in [6, 6.07) is 0. The zero-order valence-corrected chi connectivity index (χ0v) is 14.1. The van der Waals surface area contributed by atoms with Crippen LogP contribution >= 0.6 is 0 Å². The molecular weight excluding hydrogens is 467 g/mol. The molecule has 21 heavy (non-hydrogen) atoms. The number of carboxylic acid groups (broad SMARTS) is 4. The number of hydrogen-bond acceptors (Lipinski definition) is 8. The van der Waals surface area contributed by atoms with Gasteiger partial charge in [0.2, 0.25) is 0 Å². The van der Waals surface area contributed by atoms with Gasteiger partial charge in [-0.1, -0.05) is 0 Å². The van der Waals surface area contributed by atoms with Gasteiger partial charge in [0.15, 0.2) is 0 Å². The second-order valence-electron chi connectivity index (χ2n) is 2.21. The number of hydrogen-bond donors (Lipinski definition) is 8. The topological polar surface area (TPSA) is 230 Å². The molecule has 0 aliphatic heterocycles. The van der Waals surface area contributed by atoms with Crippen LogP contribution < -0.4 is 0 Å². The number of carbonyl (C=O) groups is 4. The van der Waals surface area contributed by atoms with E-state index in [-0.39, 0.29) is 25.8 Å². The van der Waals surface area contributed by atoms with E-state index in [1.165, 1.54) is 0 Å². The SMILES string of the molecule is O=C(O)CO.O=C(O)CO.O=C(O)CO.O=C(O)CO.[Hf]. The molecule has 0 fully saturated rings. The van der Waals surface area contributed by atoms with E-state index in [0.29, 0.717) is 0 Å². The maximum absolute atomic E-state index is 9.12. The summed E-state index contributed by atoms with van der Waals surface area (Å²) in [4.78, 5) is 36.5. The van der Waals surface area contributed by atoms with Gasteiger partial charge >= 0.3 is 23.9 Å². The summed E-state index contributed by atoms with van der Waals surface area (Å²) >= 11 is 0. The molecule has 0 atom stereocenters. The molecule has 0 aromatic rings. The third-order valence-electron chi connectivity index (χ3n) is 0.541. The van der Waals surface area contributed by atoms with Gasteiger partial charge in [-0.3, -0.25) is 0 Å². The van der Waals surface area contributed by atoms with Crippen LogP contribution in [0.15, 0.2) is 0 Å². The smallest absolute Gasteiger partial charge is 0.329 e. The number of aliphatic carboxylic acids is 4. The van der Waals surface area contributed by atoms with E-state index in [4.69, 9.17) is 60.0 Å². The molecular formula is C8H16HfO12. The molecule has 12 nitrogen and oxygen atoms in total. The first-order valence-corrected chi connectivity index (χ1v) is 4.39. The van der Waals surface area contributed by atoms with Crippen molar-refractivity contribution < 1.29 is 85.9 Å². The first-order chi connectivity index (χ1) is 9.08. The fraction of sp³-hybridized carbons (Fsp3) is 0.500. The molecule has 0 spiro atoms. The number of rotatable bonds is 4. The average molecular weight is 483 g/mol. The van der Waals surface area contributed by atoms with Crippen molar-refractivity contribution in [3.05, 3.63) is 0 Å². The molecule has 0 bridgehead atoms. The Labute approximate surface area is 136 Å². The van der Waals surface area contributed by atoms with Gasteiger partial charge in [0.25, 0.3) is 0 Å². The molecule has 13 heteroatoms. The fourth-order valence-electron chi connectivity index (χ4n) is 0. The first-order valence-electron chi connectivity index (χ1n) is 4.39. The Hall–Kier alpha value is -1.41. The summed E-state index contributed by atoms with van der Waals surface area (Å²) in [5, 5.41) is 60.1. The van der Waals surface area contributed by atoms with Crippen LogP contribution in [0.5, 0.6) is 0 Å². The van der Waals surface area contributed by atoms with Crippen LogP contribution in [0.25, 0.3) is 0 Å². The maximum atomic E-state index is 9.12. The standard InChI is InChI=1S/4C2H4O3.Hf/c4*3-1-2(4)5;/h4*3H,1H2,(H,4,5);. The van der Waals surface area contributed by atoms with Gasteiger partial charge in [-0.15, -0.1) is 0 Å². The second-order valence-corrected chi connectivity index (χ2v) is 2.21. The predicted octanol–water partition coefficient (Wildman–Crippen LogP) is -3.75. The third-order valence-corrected chi connectivity index (χ3v) is 0.541. The van der Waals surface area contributed by atoms with Crippen molar-refractivity contribution in [2.45, 2.75) is 0 Å². The maximum Gasteiger partial charge on any atom is 0.329 e. The van der Waals surface area contributed by atoms with E-state index in [1.807, 2.05) is 0 Å². The molecule has 0 unspecified atom stereocenters. The number of carboxylic acids is 4. The van der Waals surface area contributed by atoms with Crippen LogP contribution in [-0.4, -0.2) is 91.2 Å². The zero-order valence-electron chi connectivity index (χ0n) is 10.5. The van der Waals surface area contributed by atoms with Crippen molar-refractivity contribution in [3.8, 4) is 0 Å². The molecule has 0 amide bonds. The Kier molecular flexibility index (Phi) is 40.9. The molecule has 0 saturated heterocycles. The summed E-state index contributed by atoms with van der Waals surface area (Å²) < 4.78 is 0. The quantitative estimate of drug-likeness (QED) is 0.181. The summed E-state index contributed by atoms with van der Waals surface area (Å²) in [7, 11) is 0. The molecule has 0 saturated carbocycles. The van der Waals surface area contributed by atoms with Gasteiger partial charge in [0.1, 0.15) is 26.4 Å². The monoisotopic (exact) mass is 484 g/mol. The van der Waals surface area contributed by atoms with Crippen LogP contribution in [0.3, 0.4) is 0 Å². The molecule has 0 aliphatic carbocycles. The van der Waals surface area contributed by atoms with Crippen molar-refractivity contribution in [3.63, 3.8) is 0 Å². The van der Waals surface area contributed by atoms with Gasteiger partial charge in [-0.25, -0.2) is 19.2 Å². The van der Waals surface area contributed by atoms with Crippen LogP contribution in [0, 0.1) is 0 Å². The minimum absolute atomic E-state index is 0. The average Bonchev–Trinajstić information content (AvgIpc) is 2.40. The van der Waals surface area contributed by atoms with Crippen molar-refractivity contribution in [2.75, 3.05) is 26.4 Å². The van der Waals surface area contributed by atoms with E-state index < -0.39 is 50.3 Å². The van der Waals surface area contributed by atoms with Gasteiger partial charge in [0, 0.05) is 25.8 Å². The van der Waals surface area contributed by atoms with E-state index >= 15 is 0 Å². The Morgan fingerprint density at radius 2 is 0.524 bits per heavy atom. The van der Waals surface area contributed by atoms with Crippen molar-refractivity contribution in [1.29, 1.82) is 0 Å². The minimum atomic E-state index is -1.19. The summed E-state index contributed by atoms with van der Waals surface area (Å²) in [6.07, 6.45) is 0. The number of aliphatic hydroxyl groups excluding tert-OH is 4. The first kappa shape index (κ1) is 31.8. The van der Waals surface area contributed by atoms with E-state index in [9.17, 15) is 0 Å². The third kappa shape index (κ3) is 118. The van der Waals surface area contributed by atoms with Gasteiger partial charge in [0.05, 0.1) is 0 Å². The van der Waals surface area contributed by atoms with Gasteiger partial charge in [-0.05, 0) is 0 Å². The van der Waals surface area contributed by atoms with Crippen LogP contribution in [0.2, 0.25) is 0 Å². The largest absolute Gasteiger partial charge is 0.480 e. The van der Waals surface area contributed by atoms with E-state index in [0.717, 1.165) is 0 Å². The molecule has 0 aromatic carbocycles. The zero-order chi connectivity index (χ0) is 17.1. The van der Waals surface area contributed by atoms with E-state index in [2.05, 4.69) is 0 Å². The Morgan fingerprint density at radius 1 is 0.476 bits per heavy atom. The molecule has 0 heterocycles. The van der Waals surface area contributed by atoms with Gasteiger partial charge in [-0.2, -0.15) is 0 Å². The molecule has 0 aromatic heterocycles. The van der Waals surface area contributed by atoms with Crippen molar-refractivity contribution >= 4 is 23.9 Å². The summed E-state index contributed by atoms with van der Waals surface area (Å²) in [6.45, 7) is -3.11. The number of aliphatic hydroxyl groups is 4. The fourth-order valence-corrected chi connectivity index (χ4v) is 0. The molecule has 0 aliphatic rings. The van der Waals surface area contributed by atoms with Crippen LogP contribution in [-0.2, 0) is 45.0 Å². The normalized spacial score (nSPS) is 7.05. The van der Waals surface area contributed by atoms with E-state index in [1.54, 1.807) is 0 Å². The summed E-state index contributed by atoms with van der Waals surface area (Å²) in [5.74, 6) is -4.76. The molecule has 0 rings (SSSR count). The summed E-state index contributed by atoms with van der Waals surface area (Å²) in [5.41, 5.74) is 0. The van der Waals surface area contributed by atoms with Crippen LogP contribution in [0.4, 0.5) is 0 Å². The molecule has 0 radical (unpaired) electrons. The van der Waals surface area contributed by atoms with Crippen molar-refractivity contribution in [2.24, 2.45) is 0 Å². The second kappa shape index (κ2) is 27.0. The van der Waals surface area contributed by atoms with Crippen LogP contribution in [0.1, 0.15) is 0 Å². The Bertz CT molecular complexity index is 222. The predicted molar refractivity (Wildman–Crippen MR) is 58.9 cm³/mol. The Morgan fingerprint density at radius 3 is 0.524 bits per heavy atom. The molecule has 124 valence electrons. The minimum Gasteiger partial charge on any atom is -0.480 e. The van der Waals surface area contributed by atoms with Gasteiger partial charge < -0.3 is 40.9 Å². The Balaban J connectivity index is -0.0000000533. The molecule has 8 N–H and O–H groups in total. The van der Waals surface area contributed by atoms with Crippen molar-refractivity contribution in [1.82, 2.24) is 0 Å².